The van der Waals surface area contributed by atoms with Crippen molar-refractivity contribution in [1.82, 2.24) is 10.6 Å². The van der Waals surface area contributed by atoms with Crippen LogP contribution in [0.15, 0.2) is 0 Å². The Morgan fingerprint density at radius 1 is 1.17 bits per heavy atom. The highest BCUT2D eigenvalue weighted by Crippen LogP contribution is 2.17. The molecular formula is C9H20N2O. The molecule has 3 nitrogen and oxygen atoms in total. The Hall–Kier alpha value is -0.120. The van der Waals surface area contributed by atoms with Gasteiger partial charge in [0.2, 0.25) is 0 Å². The molecule has 3 heteroatoms. The Labute approximate surface area is 74.5 Å². The van der Waals surface area contributed by atoms with Crippen molar-refractivity contribution in [3.63, 3.8) is 0 Å². The SMILES string of the molecule is CNCCNC1CCC(O)CC1. The molecule has 0 bridgehead atoms. The van der Waals surface area contributed by atoms with Gasteiger partial charge < -0.3 is 15.7 Å². The molecule has 0 aliphatic heterocycles. The molecule has 0 unspecified atom stereocenters. The monoisotopic (exact) mass is 172 g/mol. The van der Waals surface area contributed by atoms with Crippen LogP contribution in [0.3, 0.4) is 0 Å². The van der Waals surface area contributed by atoms with Gasteiger partial charge in [0.05, 0.1) is 6.10 Å². The molecule has 1 saturated carbocycles. The normalized spacial score (nSPS) is 30.5. The van der Waals surface area contributed by atoms with Gasteiger partial charge in [-0.1, -0.05) is 0 Å². The minimum atomic E-state index is -0.0349. The van der Waals surface area contributed by atoms with Crippen LogP contribution < -0.4 is 10.6 Å². The van der Waals surface area contributed by atoms with E-state index in [0.29, 0.717) is 6.04 Å². The Morgan fingerprint density at radius 2 is 1.83 bits per heavy atom. The third kappa shape index (κ3) is 3.52. The molecule has 0 heterocycles. The zero-order valence-corrected chi connectivity index (χ0v) is 7.84. The summed E-state index contributed by atoms with van der Waals surface area (Å²) in [6.07, 6.45) is 4.16. The van der Waals surface area contributed by atoms with Crippen molar-refractivity contribution >= 4 is 0 Å². The first-order valence-electron chi connectivity index (χ1n) is 4.89. The van der Waals surface area contributed by atoms with Gasteiger partial charge in [0.1, 0.15) is 0 Å². The second kappa shape index (κ2) is 5.51. The standard InChI is InChI=1S/C9H20N2O/c1-10-6-7-11-8-2-4-9(12)5-3-8/h8-12H,2-7H2,1H3. The first-order chi connectivity index (χ1) is 5.83. The average Bonchev–Trinajstić information content (AvgIpc) is 2.09. The van der Waals surface area contributed by atoms with Gasteiger partial charge in [-0.25, -0.2) is 0 Å². The summed E-state index contributed by atoms with van der Waals surface area (Å²) in [4.78, 5) is 0. The van der Waals surface area contributed by atoms with Crippen LogP contribution in [0.5, 0.6) is 0 Å². The van der Waals surface area contributed by atoms with Crippen molar-refractivity contribution in [2.75, 3.05) is 20.1 Å². The van der Waals surface area contributed by atoms with Crippen molar-refractivity contribution in [3.8, 4) is 0 Å². The van der Waals surface area contributed by atoms with Crippen molar-refractivity contribution in [2.45, 2.75) is 37.8 Å². The van der Waals surface area contributed by atoms with Gasteiger partial charge in [-0.15, -0.1) is 0 Å². The minimum absolute atomic E-state index is 0.0349. The summed E-state index contributed by atoms with van der Waals surface area (Å²) in [5.41, 5.74) is 0. The predicted octanol–water partition coefficient (Wildman–Crippen LogP) is 0.0989. The van der Waals surface area contributed by atoms with Gasteiger partial charge in [-0.05, 0) is 32.7 Å². The topological polar surface area (TPSA) is 44.3 Å². The molecule has 0 radical (unpaired) electrons. The highest BCUT2D eigenvalue weighted by atomic mass is 16.3. The molecule has 1 aliphatic rings. The highest BCUT2D eigenvalue weighted by molar-refractivity contribution is 4.76. The van der Waals surface area contributed by atoms with Crippen LogP contribution in [-0.4, -0.2) is 37.4 Å². The van der Waals surface area contributed by atoms with Crippen LogP contribution >= 0.6 is 0 Å². The lowest BCUT2D eigenvalue weighted by atomic mass is 9.93. The van der Waals surface area contributed by atoms with Crippen molar-refractivity contribution in [2.24, 2.45) is 0 Å². The van der Waals surface area contributed by atoms with E-state index in [2.05, 4.69) is 10.6 Å². The Bertz CT molecular complexity index is 111. The lowest BCUT2D eigenvalue weighted by molar-refractivity contribution is 0.117. The maximum absolute atomic E-state index is 9.26. The molecule has 0 aromatic rings. The molecule has 12 heavy (non-hydrogen) atoms. The largest absolute Gasteiger partial charge is 0.393 e. The number of rotatable bonds is 4. The van der Waals surface area contributed by atoms with E-state index in [9.17, 15) is 5.11 Å². The number of hydrogen-bond donors (Lipinski definition) is 3. The number of nitrogens with one attached hydrogen (secondary N) is 2. The summed E-state index contributed by atoms with van der Waals surface area (Å²) in [5.74, 6) is 0. The third-order valence-corrected chi connectivity index (χ3v) is 2.50. The van der Waals surface area contributed by atoms with E-state index in [4.69, 9.17) is 0 Å². The highest BCUT2D eigenvalue weighted by Gasteiger charge is 2.17. The summed E-state index contributed by atoms with van der Waals surface area (Å²) < 4.78 is 0. The molecule has 0 amide bonds. The summed E-state index contributed by atoms with van der Waals surface area (Å²) >= 11 is 0. The maximum Gasteiger partial charge on any atom is 0.0541 e. The fourth-order valence-electron chi connectivity index (χ4n) is 1.68. The molecule has 1 rings (SSSR count). The summed E-state index contributed by atoms with van der Waals surface area (Å²) in [6.45, 7) is 2.07. The van der Waals surface area contributed by atoms with Crippen molar-refractivity contribution in [1.29, 1.82) is 0 Å². The average molecular weight is 172 g/mol. The number of aliphatic hydroxyl groups excluding tert-OH is 1. The van der Waals surface area contributed by atoms with E-state index in [-0.39, 0.29) is 6.10 Å². The smallest absolute Gasteiger partial charge is 0.0541 e. The van der Waals surface area contributed by atoms with E-state index in [1.807, 2.05) is 7.05 Å². The van der Waals surface area contributed by atoms with Gasteiger partial charge in [0, 0.05) is 19.1 Å². The van der Waals surface area contributed by atoms with Crippen molar-refractivity contribution < 1.29 is 5.11 Å². The molecule has 0 aromatic heterocycles. The first kappa shape index (κ1) is 9.96. The Balaban J connectivity index is 2.01. The van der Waals surface area contributed by atoms with Crippen LogP contribution in [0.1, 0.15) is 25.7 Å². The van der Waals surface area contributed by atoms with E-state index < -0.39 is 0 Å². The maximum atomic E-state index is 9.26. The lowest BCUT2D eigenvalue weighted by Gasteiger charge is -2.26. The minimum Gasteiger partial charge on any atom is -0.393 e. The fourth-order valence-corrected chi connectivity index (χ4v) is 1.68. The zero-order valence-electron chi connectivity index (χ0n) is 7.84. The molecule has 0 aromatic carbocycles. The fraction of sp³-hybridized carbons (Fsp3) is 1.00. The number of likely N-dealkylation sites (N-methyl/N-ethyl adjacent to an activating group) is 1. The van der Waals surface area contributed by atoms with Gasteiger partial charge in [-0.2, -0.15) is 0 Å². The summed E-state index contributed by atoms with van der Waals surface area (Å²) in [6, 6.07) is 0.641. The van der Waals surface area contributed by atoms with E-state index in [1.165, 1.54) is 0 Å². The van der Waals surface area contributed by atoms with Crippen LogP contribution in [0.25, 0.3) is 0 Å². The van der Waals surface area contributed by atoms with Gasteiger partial charge in [0.25, 0.3) is 0 Å². The van der Waals surface area contributed by atoms with E-state index >= 15 is 0 Å². The molecule has 0 spiro atoms. The van der Waals surface area contributed by atoms with Crippen LogP contribution in [0.2, 0.25) is 0 Å². The lowest BCUT2D eigenvalue weighted by Crippen LogP contribution is -2.37. The van der Waals surface area contributed by atoms with E-state index in [0.717, 1.165) is 38.8 Å². The predicted molar refractivity (Wildman–Crippen MR) is 50.2 cm³/mol. The molecule has 1 aliphatic carbocycles. The van der Waals surface area contributed by atoms with Crippen molar-refractivity contribution in [3.05, 3.63) is 0 Å². The van der Waals surface area contributed by atoms with Crippen LogP contribution in [0.4, 0.5) is 0 Å². The van der Waals surface area contributed by atoms with Crippen LogP contribution in [-0.2, 0) is 0 Å². The first-order valence-corrected chi connectivity index (χ1v) is 4.89. The zero-order chi connectivity index (χ0) is 8.81. The Kier molecular flexibility index (Phi) is 4.58. The third-order valence-electron chi connectivity index (χ3n) is 2.50. The van der Waals surface area contributed by atoms with Gasteiger partial charge in [-0.3, -0.25) is 0 Å². The van der Waals surface area contributed by atoms with Crippen LogP contribution in [0, 0.1) is 0 Å². The second-order valence-electron chi connectivity index (χ2n) is 3.56. The number of aliphatic hydroxyl groups is 1. The molecular weight excluding hydrogens is 152 g/mol. The van der Waals surface area contributed by atoms with E-state index in [1.54, 1.807) is 0 Å². The Morgan fingerprint density at radius 3 is 2.42 bits per heavy atom. The summed E-state index contributed by atoms with van der Waals surface area (Å²) in [5, 5.41) is 15.8. The quantitative estimate of drug-likeness (QED) is 0.527. The van der Waals surface area contributed by atoms with Gasteiger partial charge >= 0.3 is 0 Å². The molecule has 0 saturated heterocycles. The summed E-state index contributed by atoms with van der Waals surface area (Å²) in [7, 11) is 1.96. The number of hydrogen-bond acceptors (Lipinski definition) is 3. The molecule has 1 fully saturated rings. The molecule has 3 N–H and O–H groups in total. The molecule has 72 valence electrons. The van der Waals surface area contributed by atoms with Gasteiger partial charge in [0.15, 0.2) is 0 Å². The molecule has 0 atom stereocenters. The second-order valence-corrected chi connectivity index (χ2v) is 3.56.